The molecule has 0 unspecified atom stereocenters. The minimum atomic E-state index is -0.815. The highest BCUT2D eigenvalue weighted by atomic mass is 16.6. The van der Waals surface area contributed by atoms with Crippen LogP contribution in [0.25, 0.3) is 21.8 Å². The van der Waals surface area contributed by atoms with Gasteiger partial charge in [-0.05, 0) is 69.2 Å². The molecule has 0 spiro atoms. The lowest BCUT2D eigenvalue weighted by atomic mass is 10.0. The number of methoxy groups -OCH3 is 2. The topological polar surface area (TPSA) is 170 Å². The Bertz CT molecular complexity index is 1520. The molecular weight excluding hydrogens is 528 g/mol. The molecule has 41 heavy (non-hydrogen) atoms. The number of aromatic amines is 2. The van der Waals surface area contributed by atoms with Gasteiger partial charge in [0.25, 0.3) is 0 Å². The van der Waals surface area contributed by atoms with Crippen molar-refractivity contribution >= 4 is 39.8 Å². The Morgan fingerprint density at radius 2 is 1.46 bits per heavy atom. The summed E-state index contributed by atoms with van der Waals surface area (Å²) >= 11 is 0. The second-order valence-electron chi connectivity index (χ2n) is 10.8. The number of hydrogen-bond acceptors (Lipinski definition) is 7. The zero-order chi connectivity index (χ0) is 30.3. The lowest BCUT2D eigenvalue weighted by Gasteiger charge is -2.22. The number of ether oxygens (including phenoxy) is 3. The van der Waals surface area contributed by atoms with Crippen LogP contribution in [-0.2, 0) is 36.6 Å². The Morgan fingerprint density at radius 1 is 0.902 bits per heavy atom. The molecule has 220 valence electrons. The molecule has 4 rings (SSSR count). The summed E-state index contributed by atoms with van der Waals surface area (Å²) in [5, 5.41) is 14.0. The van der Waals surface area contributed by atoms with Crippen molar-refractivity contribution in [2.75, 3.05) is 14.2 Å². The van der Waals surface area contributed by atoms with E-state index in [1.165, 1.54) is 14.2 Å². The van der Waals surface area contributed by atoms with Crippen LogP contribution in [0.1, 0.15) is 37.5 Å². The lowest BCUT2D eigenvalue weighted by Crippen LogP contribution is -2.66. The summed E-state index contributed by atoms with van der Waals surface area (Å²) in [6, 6.07) is 9.87. The Hall–Kier alpha value is -4.51. The molecule has 0 fully saturated rings. The Kier molecular flexibility index (Phi) is 10.0. The fraction of sp³-hybridized carbons (Fsp3) is 0.367. The monoisotopic (exact) mass is 567 g/mol. The van der Waals surface area contributed by atoms with E-state index >= 15 is 0 Å². The van der Waals surface area contributed by atoms with Crippen molar-refractivity contribution in [2.24, 2.45) is 0 Å². The van der Waals surface area contributed by atoms with Crippen LogP contribution in [0.15, 0.2) is 48.8 Å². The number of alkyl carbamates (subject to hydrolysis) is 1. The van der Waals surface area contributed by atoms with Gasteiger partial charge in [-0.25, -0.2) is 14.4 Å². The fourth-order valence-corrected chi connectivity index (χ4v) is 4.32. The predicted octanol–water partition coefficient (Wildman–Crippen LogP) is 3.28. The summed E-state index contributed by atoms with van der Waals surface area (Å²) in [7, 11) is 2.65. The van der Waals surface area contributed by atoms with Gasteiger partial charge in [0.2, 0.25) is 0 Å². The number of amides is 1. The number of phenolic OH excluding ortho intramolecular Hbond substituents is 1. The first-order valence-electron chi connectivity index (χ1n) is 13.1. The predicted molar refractivity (Wildman–Crippen MR) is 154 cm³/mol. The van der Waals surface area contributed by atoms with Crippen molar-refractivity contribution in [3.8, 4) is 5.75 Å². The first-order chi connectivity index (χ1) is 19.3. The van der Waals surface area contributed by atoms with Gasteiger partial charge in [-0.2, -0.15) is 0 Å². The minimum absolute atomic E-state index is 0.206. The van der Waals surface area contributed by atoms with Gasteiger partial charge in [0, 0.05) is 47.0 Å². The van der Waals surface area contributed by atoms with Crippen molar-refractivity contribution in [3.05, 3.63) is 65.5 Å². The molecule has 4 aromatic rings. The van der Waals surface area contributed by atoms with Crippen LogP contribution < -0.4 is 11.1 Å². The molecule has 0 aliphatic heterocycles. The summed E-state index contributed by atoms with van der Waals surface area (Å²) in [4.78, 5) is 41.6. The number of carbonyl (C=O) groups is 3. The summed E-state index contributed by atoms with van der Waals surface area (Å²) in [5.74, 6) is -0.639. The Morgan fingerprint density at radius 3 is 2.05 bits per heavy atom. The average Bonchev–Trinajstić information content (AvgIpc) is 3.49. The highest BCUT2D eigenvalue weighted by Gasteiger charge is 2.26. The summed E-state index contributed by atoms with van der Waals surface area (Å²) in [6.45, 7) is 7.31. The number of aromatic hydroxyl groups is 1. The normalized spacial score (nSPS) is 12.7. The van der Waals surface area contributed by atoms with Gasteiger partial charge in [-0.3, -0.25) is 0 Å². The van der Waals surface area contributed by atoms with Gasteiger partial charge < -0.3 is 40.3 Å². The SMILES string of the molecule is COC(=O)[C@@H]([NH3+])Cc1c[nH]c2ccc(O)cc12.COC(=O)[C@H](Cc1c[nH]c2ccc(C)cc12)NC(=O)OC(C)(C)C. The van der Waals surface area contributed by atoms with E-state index in [-0.39, 0.29) is 11.7 Å². The molecule has 11 nitrogen and oxygen atoms in total. The maximum atomic E-state index is 12.0. The number of rotatable bonds is 7. The van der Waals surface area contributed by atoms with E-state index in [0.717, 1.165) is 38.5 Å². The number of phenols is 1. The number of esters is 2. The number of benzene rings is 2. The lowest BCUT2D eigenvalue weighted by molar-refractivity contribution is -0.407. The first-order valence-corrected chi connectivity index (χ1v) is 13.1. The maximum absolute atomic E-state index is 12.0. The first kappa shape index (κ1) is 31.0. The molecule has 0 aliphatic rings. The molecule has 2 heterocycles. The van der Waals surface area contributed by atoms with Crippen molar-refractivity contribution in [2.45, 2.75) is 58.2 Å². The molecule has 2 atom stereocenters. The van der Waals surface area contributed by atoms with Crippen molar-refractivity contribution in [1.29, 1.82) is 0 Å². The molecule has 0 radical (unpaired) electrons. The van der Waals surface area contributed by atoms with Gasteiger partial charge in [-0.1, -0.05) is 11.6 Å². The smallest absolute Gasteiger partial charge is 0.408 e. The molecular formula is C30H39N4O7+. The zero-order valence-corrected chi connectivity index (χ0v) is 24.3. The number of H-pyrrole nitrogens is 2. The number of fused-ring (bicyclic) bond motifs is 2. The quantitative estimate of drug-likeness (QED) is 0.168. The summed E-state index contributed by atoms with van der Waals surface area (Å²) in [5.41, 5.74) is 8.03. The van der Waals surface area contributed by atoms with Crippen molar-refractivity contribution in [1.82, 2.24) is 15.3 Å². The second kappa shape index (κ2) is 13.2. The largest absolute Gasteiger partial charge is 0.508 e. The Labute approximate surface area is 238 Å². The third-order valence-corrected chi connectivity index (χ3v) is 6.28. The number of carbonyl (C=O) groups excluding carboxylic acids is 3. The number of aromatic nitrogens is 2. The van der Waals surface area contributed by atoms with Crippen LogP contribution in [0.3, 0.4) is 0 Å². The standard InChI is InChI=1S/C18H24N2O4.C12H14N2O3/c1-11-6-7-14-13(8-11)12(10-19-14)9-15(16(21)23-5)20-17(22)24-18(2,3)4;1-17-12(16)10(13)4-7-6-14-11-3-2-8(15)5-9(7)11/h6-8,10,15,19H,9H2,1-5H3,(H,20,22);2-3,5-6,10,14-15H,4,13H2,1H3/p+1/t15-;10-/m00/s1. The number of quaternary nitrogens is 1. The minimum Gasteiger partial charge on any atom is -0.508 e. The van der Waals surface area contributed by atoms with Crippen LogP contribution in [0, 0.1) is 6.92 Å². The molecule has 0 saturated carbocycles. The molecule has 0 bridgehead atoms. The number of nitrogens with one attached hydrogen (secondary N) is 3. The summed E-state index contributed by atoms with van der Waals surface area (Å²) in [6.07, 6.45) is 3.82. The Balaban J connectivity index is 0.000000239. The van der Waals surface area contributed by atoms with Gasteiger partial charge >= 0.3 is 18.0 Å². The van der Waals surface area contributed by atoms with E-state index in [9.17, 15) is 19.5 Å². The third-order valence-electron chi connectivity index (χ3n) is 6.28. The van der Waals surface area contributed by atoms with Crippen LogP contribution in [0.4, 0.5) is 4.79 Å². The third kappa shape index (κ3) is 8.49. The van der Waals surface area contributed by atoms with E-state index in [1.54, 1.807) is 39.0 Å². The highest BCUT2D eigenvalue weighted by Crippen LogP contribution is 2.24. The van der Waals surface area contributed by atoms with Crippen LogP contribution in [0.5, 0.6) is 5.75 Å². The average molecular weight is 568 g/mol. The fourth-order valence-electron chi connectivity index (χ4n) is 4.32. The van der Waals surface area contributed by atoms with Crippen LogP contribution >= 0.6 is 0 Å². The summed E-state index contributed by atoms with van der Waals surface area (Å²) < 4.78 is 14.7. The molecule has 0 aliphatic carbocycles. The number of aryl methyl sites for hydroxylation is 1. The van der Waals surface area contributed by atoms with Gasteiger partial charge in [-0.15, -0.1) is 0 Å². The molecule has 11 heteroatoms. The van der Waals surface area contributed by atoms with Crippen molar-refractivity contribution < 1.29 is 39.4 Å². The molecule has 1 amide bonds. The van der Waals surface area contributed by atoms with E-state index in [4.69, 9.17) is 9.47 Å². The van der Waals surface area contributed by atoms with E-state index in [1.807, 2.05) is 37.5 Å². The van der Waals surface area contributed by atoms with Crippen LogP contribution in [0.2, 0.25) is 0 Å². The second-order valence-corrected chi connectivity index (χ2v) is 10.8. The molecule has 2 aromatic carbocycles. The van der Waals surface area contributed by atoms with Gasteiger partial charge in [0.05, 0.1) is 14.2 Å². The highest BCUT2D eigenvalue weighted by molar-refractivity contribution is 5.87. The van der Waals surface area contributed by atoms with E-state index in [2.05, 4.69) is 25.8 Å². The molecule has 7 N–H and O–H groups in total. The molecule has 0 saturated heterocycles. The number of hydrogen-bond donors (Lipinski definition) is 5. The van der Waals surface area contributed by atoms with Crippen molar-refractivity contribution in [3.63, 3.8) is 0 Å². The zero-order valence-electron chi connectivity index (χ0n) is 24.3. The van der Waals surface area contributed by atoms with Gasteiger partial charge in [0.1, 0.15) is 17.4 Å². The molecule has 2 aromatic heterocycles. The maximum Gasteiger partial charge on any atom is 0.408 e. The van der Waals surface area contributed by atoms with E-state index in [0.29, 0.717) is 12.8 Å². The van der Waals surface area contributed by atoms with Crippen LogP contribution in [-0.4, -0.2) is 65.0 Å². The van der Waals surface area contributed by atoms with Gasteiger partial charge in [0.15, 0.2) is 6.04 Å². The van der Waals surface area contributed by atoms with E-state index < -0.39 is 29.7 Å².